The van der Waals surface area contributed by atoms with E-state index >= 15 is 0 Å². The van der Waals surface area contributed by atoms with Crippen molar-refractivity contribution in [3.8, 4) is 11.8 Å². The number of benzene rings is 2. The number of nitrogens with one attached hydrogen (secondary N) is 1. The monoisotopic (exact) mass is 386 g/mol. The summed E-state index contributed by atoms with van der Waals surface area (Å²) in [6.07, 6.45) is 4.31. The van der Waals surface area contributed by atoms with E-state index in [-0.39, 0.29) is 24.9 Å². The molecule has 6 heteroatoms. The van der Waals surface area contributed by atoms with Crippen molar-refractivity contribution in [1.82, 2.24) is 14.9 Å². The first-order chi connectivity index (χ1) is 14.2. The molecule has 1 aliphatic rings. The number of carbonyl (C=O) groups excluding carboxylic acids is 2. The Morgan fingerprint density at radius 2 is 1.93 bits per heavy atom. The van der Waals surface area contributed by atoms with E-state index < -0.39 is 0 Å². The van der Waals surface area contributed by atoms with E-state index in [4.69, 9.17) is 0 Å². The third-order valence-electron chi connectivity index (χ3n) is 4.95. The number of carbonyl (C=O) groups is 2. The Kier molecular flexibility index (Phi) is 5.57. The van der Waals surface area contributed by atoms with Gasteiger partial charge < -0.3 is 14.8 Å². The minimum Gasteiger partial charge on any atom is -0.344 e. The highest BCUT2D eigenvalue weighted by Gasteiger charge is 2.19. The van der Waals surface area contributed by atoms with Crippen LogP contribution < -0.4 is 10.2 Å². The fourth-order valence-electron chi connectivity index (χ4n) is 3.44. The van der Waals surface area contributed by atoms with Gasteiger partial charge in [-0.2, -0.15) is 0 Å². The van der Waals surface area contributed by atoms with Crippen LogP contribution in [0.3, 0.4) is 0 Å². The second kappa shape index (κ2) is 8.61. The lowest BCUT2D eigenvalue weighted by Gasteiger charge is -2.26. The molecule has 29 heavy (non-hydrogen) atoms. The van der Waals surface area contributed by atoms with Crippen LogP contribution in [0, 0.1) is 11.8 Å². The molecule has 0 saturated carbocycles. The zero-order chi connectivity index (χ0) is 20.1. The molecule has 2 aromatic carbocycles. The molecule has 1 aromatic heterocycles. The summed E-state index contributed by atoms with van der Waals surface area (Å²) in [6.45, 7) is 1.26. The molecule has 1 saturated heterocycles. The molecule has 3 aromatic rings. The second-order valence-corrected chi connectivity index (χ2v) is 6.99. The van der Waals surface area contributed by atoms with Gasteiger partial charge in [0, 0.05) is 24.2 Å². The maximum atomic E-state index is 12.2. The van der Waals surface area contributed by atoms with E-state index in [0.717, 1.165) is 41.7 Å². The van der Waals surface area contributed by atoms with Crippen molar-refractivity contribution < 1.29 is 9.59 Å². The van der Waals surface area contributed by atoms with Gasteiger partial charge in [-0.15, -0.1) is 0 Å². The van der Waals surface area contributed by atoms with Crippen molar-refractivity contribution in [3.63, 3.8) is 0 Å². The van der Waals surface area contributed by atoms with Crippen LogP contribution in [0.5, 0.6) is 0 Å². The molecule has 1 N–H and O–H groups in total. The molecule has 0 bridgehead atoms. The lowest BCUT2D eigenvalue weighted by Crippen LogP contribution is -2.35. The Labute approximate surface area is 169 Å². The van der Waals surface area contributed by atoms with E-state index in [2.05, 4.69) is 22.1 Å². The lowest BCUT2D eigenvalue weighted by atomic mass is 10.1. The van der Waals surface area contributed by atoms with Crippen molar-refractivity contribution in [3.05, 3.63) is 60.4 Å². The normalized spacial score (nSPS) is 13.8. The number of fused-ring (bicyclic) bond motifs is 1. The van der Waals surface area contributed by atoms with Crippen molar-refractivity contribution in [2.24, 2.45) is 0 Å². The van der Waals surface area contributed by atoms with Gasteiger partial charge in [0.15, 0.2) is 0 Å². The molecule has 0 spiro atoms. The average molecular weight is 386 g/mol. The number of hydrogen-bond donors (Lipinski definition) is 1. The summed E-state index contributed by atoms with van der Waals surface area (Å²) in [6, 6.07) is 15.4. The van der Waals surface area contributed by atoms with E-state index in [1.54, 1.807) is 6.33 Å². The van der Waals surface area contributed by atoms with E-state index in [1.165, 1.54) is 0 Å². The van der Waals surface area contributed by atoms with Gasteiger partial charge in [0.25, 0.3) is 0 Å². The molecule has 2 heterocycles. The van der Waals surface area contributed by atoms with Gasteiger partial charge >= 0.3 is 0 Å². The minimum atomic E-state index is -0.110. The molecular weight excluding hydrogens is 364 g/mol. The highest BCUT2D eigenvalue weighted by atomic mass is 16.2. The van der Waals surface area contributed by atoms with Gasteiger partial charge in [-0.25, -0.2) is 4.98 Å². The Morgan fingerprint density at radius 3 is 2.76 bits per heavy atom. The smallest absolute Gasteiger partial charge is 0.240 e. The molecule has 6 nitrogen and oxygen atoms in total. The third-order valence-corrected chi connectivity index (χ3v) is 4.95. The average Bonchev–Trinajstić information content (AvgIpc) is 3.15. The fraction of sp³-hybridized carbons (Fsp3) is 0.261. The first kappa shape index (κ1) is 18.8. The van der Waals surface area contributed by atoms with Crippen molar-refractivity contribution in [1.29, 1.82) is 0 Å². The highest BCUT2D eigenvalue weighted by molar-refractivity contribution is 5.94. The maximum absolute atomic E-state index is 12.2. The number of piperidine rings is 1. The molecule has 1 aliphatic heterocycles. The number of para-hydroxylation sites is 2. The van der Waals surface area contributed by atoms with Gasteiger partial charge in [0.1, 0.15) is 6.54 Å². The predicted molar refractivity (Wildman–Crippen MR) is 112 cm³/mol. The number of aromatic nitrogens is 2. The summed E-state index contributed by atoms with van der Waals surface area (Å²) in [4.78, 5) is 30.3. The van der Waals surface area contributed by atoms with Crippen molar-refractivity contribution in [2.45, 2.75) is 25.8 Å². The molecular formula is C23H22N4O2. The molecule has 1 fully saturated rings. The standard InChI is InChI=1S/C23H22N4O2/c28-22(16-26-17-25-20-7-1-2-8-21(20)26)24-14-5-6-18-10-12-19(13-11-18)27-15-4-3-9-23(27)29/h1-2,7-8,10-13,17H,3-4,9,14-16H2,(H,24,28). The Morgan fingerprint density at radius 1 is 1.10 bits per heavy atom. The highest BCUT2D eigenvalue weighted by Crippen LogP contribution is 2.21. The Balaban J connectivity index is 1.29. The fourth-order valence-corrected chi connectivity index (χ4v) is 3.44. The van der Waals surface area contributed by atoms with Gasteiger partial charge in [-0.3, -0.25) is 9.59 Å². The molecule has 0 aliphatic carbocycles. The van der Waals surface area contributed by atoms with Crippen LogP contribution in [-0.2, 0) is 16.1 Å². The van der Waals surface area contributed by atoms with Crippen LogP contribution in [0.4, 0.5) is 5.69 Å². The Bertz CT molecular complexity index is 1090. The number of amides is 2. The summed E-state index contributed by atoms with van der Waals surface area (Å²) in [7, 11) is 0. The van der Waals surface area contributed by atoms with Gasteiger partial charge in [-0.05, 0) is 49.2 Å². The summed E-state index contributed by atoms with van der Waals surface area (Å²) < 4.78 is 1.82. The topological polar surface area (TPSA) is 67.2 Å². The van der Waals surface area contributed by atoms with Crippen LogP contribution in [-0.4, -0.2) is 34.5 Å². The summed E-state index contributed by atoms with van der Waals surface area (Å²) in [5, 5.41) is 2.81. The number of anilines is 1. The van der Waals surface area contributed by atoms with Gasteiger partial charge in [-0.1, -0.05) is 24.0 Å². The number of rotatable bonds is 4. The third kappa shape index (κ3) is 4.46. The SMILES string of the molecule is O=C(Cn1cnc2ccccc21)NCC#Cc1ccc(N2CCCCC2=O)cc1. The zero-order valence-corrected chi connectivity index (χ0v) is 16.1. The molecule has 4 rings (SSSR count). The number of hydrogen-bond acceptors (Lipinski definition) is 3. The number of imidazole rings is 1. The van der Waals surface area contributed by atoms with E-state index in [1.807, 2.05) is 58.0 Å². The lowest BCUT2D eigenvalue weighted by molar-refractivity contribution is -0.121. The summed E-state index contributed by atoms with van der Waals surface area (Å²) in [5.74, 6) is 6.09. The van der Waals surface area contributed by atoms with Gasteiger partial charge in [0.05, 0.1) is 23.9 Å². The van der Waals surface area contributed by atoms with Gasteiger partial charge in [0.2, 0.25) is 11.8 Å². The molecule has 0 unspecified atom stereocenters. The van der Waals surface area contributed by atoms with E-state index in [0.29, 0.717) is 6.42 Å². The Hall–Kier alpha value is -3.59. The van der Waals surface area contributed by atoms with Crippen LogP contribution in [0.25, 0.3) is 11.0 Å². The second-order valence-electron chi connectivity index (χ2n) is 6.99. The summed E-state index contributed by atoms with van der Waals surface area (Å²) >= 11 is 0. The van der Waals surface area contributed by atoms with Crippen LogP contribution in [0.1, 0.15) is 24.8 Å². The zero-order valence-electron chi connectivity index (χ0n) is 16.1. The first-order valence-electron chi connectivity index (χ1n) is 9.76. The minimum absolute atomic E-state index is 0.110. The largest absolute Gasteiger partial charge is 0.344 e. The quantitative estimate of drug-likeness (QED) is 0.701. The maximum Gasteiger partial charge on any atom is 0.240 e. The van der Waals surface area contributed by atoms with E-state index in [9.17, 15) is 9.59 Å². The van der Waals surface area contributed by atoms with Crippen LogP contribution in [0.2, 0.25) is 0 Å². The molecule has 0 radical (unpaired) electrons. The predicted octanol–water partition coefficient (Wildman–Crippen LogP) is 2.72. The first-order valence-corrected chi connectivity index (χ1v) is 9.76. The number of nitrogens with zero attached hydrogens (tertiary/aromatic N) is 3. The van der Waals surface area contributed by atoms with Crippen molar-refractivity contribution >= 4 is 28.5 Å². The van der Waals surface area contributed by atoms with Crippen LogP contribution >= 0.6 is 0 Å². The van der Waals surface area contributed by atoms with Crippen molar-refractivity contribution in [2.75, 3.05) is 18.0 Å². The molecule has 146 valence electrons. The summed E-state index contributed by atoms with van der Waals surface area (Å²) in [5.41, 5.74) is 3.57. The molecule has 2 amide bonds. The van der Waals surface area contributed by atoms with Crippen LogP contribution in [0.15, 0.2) is 54.9 Å². The molecule has 0 atom stereocenters.